The Labute approximate surface area is 127 Å². The summed E-state index contributed by atoms with van der Waals surface area (Å²) in [7, 11) is 0. The SMILES string of the molecule is NC(CCC(=O)Nc1ccc(Cl)cc1F)c1ccccc1. The van der Waals surface area contributed by atoms with Crippen LogP contribution < -0.4 is 11.1 Å². The summed E-state index contributed by atoms with van der Waals surface area (Å²) in [6.07, 6.45) is 0.711. The molecule has 0 aromatic heterocycles. The van der Waals surface area contributed by atoms with E-state index in [1.807, 2.05) is 30.3 Å². The molecule has 110 valence electrons. The quantitative estimate of drug-likeness (QED) is 0.880. The molecule has 2 aromatic rings. The molecule has 0 aliphatic rings. The van der Waals surface area contributed by atoms with Gasteiger partial charge in [0.05, 0.1) is 5.69 Å². The van der Waals surface area contributed by atoms with Crippen LogP contribution in [-0.4, -0.2) is 5.91 Å². The molecule has 0 aliphatic carbocycles. The van der Waals surface area contributed by atoms with Crippen molar-refractivity contribution in [1.82, 2.24) is 0 Å². The van der Waals surface area contributed by atoms with Gasteiger partial charge in [-0.2, -0.15) is 0 Å². The van der Waals surface area contributed by atoms with Crippen LogP contribution in [0.4, 0.5) is 10.1 Å². The third-order valence-electron chi connectivity index (χ3n) is 3.12. The summed E-state index contributed by atoms with van der Waals surface area (Å²) < 4.78 is 13.6. The average Bonchev–Trinajstić information content (AvgIpc) is 2.48. The number of anilines is 1. The number of amides is 1. The van der Waals surface area contributed by atoms with Gasteiger partial charge < -0.3 is 11.1 Å². The van der Waals surface area contributed by atoms with Crippen molar-refractivity contribution in [2.45, 2.75) is 18.9 Å². The molecule has 0 radical (unpaired) electrons. The fraction of sp³-hybridized carbons (Fsp3) is 0.188. The van der Waals surface area contributed by atoms with Crippen molar-refractivity contribution in [3.63, 3.8) is 0 Å². The molecule has 0 aliphatic heterocycles. The molecular weight excluding hydrogens is 291 g/mol. The zero-order valence-electron chi connectivity index (χ0n) is 11.4. The van der Waals surface area contributed by atoms with Crippen LogP contribution in [0.3, 0.4) is 0 Å². The number of hydrogen-bond acceptors (Lipinski definition) is 2. The van der Waals surface area contributed by atoms with Gasteiger partial charge in [-0.1, -0.05) is 41.9 Å². The lowest BCUT2D eigenvalue weighted by Gasteiger charge is -2.12. The number of benzene rings is 2. The lowest BCUT2D eigenvalue weighted by Crippen LogP contribution is -2.17. The maximum atomic E-state index is 13.6. The van der Waals surface area contributed by atoms with E-state index in [9.17, 15) is 9.18 Å². The van der Waals surface area contributed by atoms with Crippen molar-refractivity contribution in [3.05, 3.63) is 64.9 Å². The van der Waals surface area contributed by atoms with Crippen LogP contribution in [0.5, 0.6) is 0 Å². The van der Waals surface area contributed by atoms with Crippen molar-refractivity contribution >= 4 is 23.2 Å². The van der Waals surface area contributed by atoms with E-state index in [0.717, 1.165) is 11.6 Å². The number of carbonyl (C=O) groups excluding carboxylic acids is 1. The normalized spacial score (nSPS) is 12.0. The Bertz CT molecular complexity index is 619. The fourth-order valence-electron chi connectivity index (χ4n) is 1.96. The standard InChI is InChI=1S/C16H16ClFN2O/c17-12-6-8-15(13(18)10-12)20-16(21)9-7-14(19)11-4-2-1-3-5-11/h1-6,8,10,14H,7,9,19H2,(H,20,21). The highest BCUT2D eigenvalue weighted by molar-refractivity contribution is 6.30. The molecule has 1 amide bonds. The Morgan fingerprint density at radius 2 is 1.95 bits per heavy atom. The first-order valence-corrected chi connectivity index (χ1v) is 6.99. The van der Waals surface area contributed by atoms with Gasteiger partial charge in [0.25, 0.3) is 0 Å². The molecule has 0 saturated carbocycles. The lowest BCUT2D eigenvalue weighted by molar-refractivity contribution is -0.116. The smallest absolute Gasteiger partial charge is 0.224 e. The summed E-state index contributed by atoms with van der Waals surface area (Å²) in [6.45, 7) is 0. The highest BCUT2D eigenvalue weighted by atomic mass is 35.5. The molecule has 2 rings (SSSR count). The molecule has 0 saturated heterocycles. The molecule has 3 nitrogen and oxygen atoms in total. The summed E-state index contributed by atoms with van der Waals surface area (Å²) in [6, 6.07) is 13.5. The number of halogens is 2. The van der Waals surface area contributed by atoms with Gasteiger partial charge in [-0.05, 0) is 30.2 Å². The van der Waals surface area contributed by atoms with E-state index in [-0.39, 0.29) is 29.1 Å². The van der Waals surface area contributed by atoms with E-state index < -0.39 is 5.82 Å². The molecule has 2 aromatic carbocycles. The van der Waals surface area contributed by atoms with Gasteiger partial charge in [-0.3, -0.25) is 4.79 Å². The maximum absolute atomic E-state index is 13.6. The Hall–Kier alpha value is -1.91. The van der Waals surface area contributed by atoms with Crippen LogP contribution in [0.25, 0.3) is 0 Å². The average molecular weight is 307 g/mol. The van der Waals surface area contributed by atoms with Gasteiger partial charge in [0.15, 0.2) is 0 Å². The second-order valence-electron chi connectivity index (χ2n) is 4.73. The summed E-state index contributed by atoms with van der Waals surface area (Å²) in [4.78, 5) is 11.8. The first-order chi connectivity index (χ1) is 10.1. The molecule has 5 heteroatoms. The number of nitrogens with one attached hydrogen (secondary N) is 1. The Morgan fingerprint density at radius 1 is 1.24 bits per heavy atom. The molecule has 0 bridgehead atoms. The predicted molar refractivity (Wildman–Crippen MR) is 82.6 cm³/mol. The largest absolute Gasteiger partial charge is 0.324 e. The first-order valence-electron chi connectivity index (χ1n) is 6.61. The van der Waals surface area contributed by atoms with Gasteiger partial charge >= 0.3 is 0 Å². The van der Waals surface area contributed by atoms with E-state index in [1.165, 1.54) is 12.1 Å². The zero-order chi connectivity index (χ0) is 15.2. The van der Waals surface area contributed by atoms with E-state index in [4.69, 9.17) is 17.3 Å². The summed E-state index contributed by atoms with van der Waals surface area (Å²) in [5.41, 5.74) is 7.11. The Balaban J connectivity index is 1.87. The van der Waals surface area contributed by atoms with Crippen molar-refractivity contribution < 1.29 is 9.18 Å². The van der Waals surface area contributed by atoms with Crippen LogP contribution in [0, 0.1) is 5.82 Å². The van der Waals surface area contributed by atoms with Crippen molar-refractivity contribution in [1.29, 1.82) is 0 Å². The topological polar surface area (TPSA) is 55.1 Å². The molecule has 1 unspecified atom stereocenters. The summed E-state index contributed by atoms with van der Waals surface area (Å²) in [5, 5.41) is 2.80. The highest BCUT2D eigenvalue weighted by Crippen LogP contribution is 2.20. The van der Waals surface area contributed by atoms with Gasteiger partial charge in [-0.25, -0.2) is 4.39 Å². The minimum absolute atomic E-state index is 0.123. The third-order valence-corrected chi connectivity index (χ3v) is 3.35. The monoisotopic (exact) mass is 306 g/mol. The molecule has 0 fully saturated rings. The Morgan fingerprint density at radius 3 is 2.62 bits per heavy atom. The molecule has 21 heavy (non-hydrogen) atoms. The molecule has 3 N–H and O–H groups in total. The van der Waals surface area contributed by atoms with Gasteiger partial charge in [-0.15, -0.1) is 0 Å². The van der Waals surface area contributed by atoms with Crippen molar-refractivity contribution in [3.8, 4) is 0 Å². The number of rotatable bonds is 5. The predicted octanol–water partition coefficient (Wildman–Crippen LogP) is 3.90. The van der Waals surface area contributed by atoms with Crippen LogP contribution >= 0.6 is 11.6 Å². The lowest BCUT2D eigenvalue weighted by atomic mass is 10.0. The first kappa shape index (κ1) is 15.5. The maximum Gasteiger partial charge on any atom is 0.224 e. The highest BCUT2D eigenvalue weighted by Gasteiger charge is 2.11. The number of hydrogen-bond donors (Lipinski definition) is 2. The number of nitrogens with two attached hydrogens (primary N) is 1. The molecule has 0 spiro atoms. The van der Waals surface area contributed by atoms with Crippen LogP contribution in [0.15, 0.2) is 48.5 Å². The molecule has 1 atom stereocenters. The summed E-state index contributed by atoms with van der Waals surface area (Å²) in [5.74, 6) is -0.828. The zero-order valence-corrected chi connectivity index (χ0v) is 12.1. The van der Waals surface area contributed by atoms with E-state index in [1.54, 1.807) is 0 Å². The van der Waals surface area contributed by atoms with Crippen molar-refractivity contribution in [2.24, 2.45) is 5.73 Å². The molecular formula is C16H16ClFN2O. The van der Waals surface area contributed by atoms with Crippen LogP contribution in [0.2, 0.25) is 5.02 Å². The summed E-state index contributed by atoms with van der Waals surface area (Å²) >= 11 is 5.65. The molecule has 0 heterocycles. The fourth-order valence-corrected chi connectivity index (χ4v) is 2.12. The minimum Gasteiger partial charge on any atom is -0.324 e. The third kappa shape index (κ3) is 4.55. The Kier molecular flexibility index (Phi) is 5.31. The van der Waals surface area contributed by atoms with Crippen molar-refractivity contribution in [2.75, 3.05) is 5.32 Å². The number of carbonyl (C=O) groups is 1. The van der Waals surface area contributed by atoms with Gasteiger partial charge in [0, 0.05) is 17.5 Å². The second-order valence-corrected chi connectivity index (χ2v) is 5.16. The van der Waals surface area contributed by atoms with E-state index in [0.29, 0.717) is 6.42 Å². The van der Waals surface area contributed by atoms with Crippen LogP contribution in [0.1, 0.15) is 24.4 Å². The van der Waals surface area contributed by atoms with E-state index >= 15 is 0 Å². The van der Waals surface area contributed by atoms with E-state index in [2.05, 4.69) is 5.32 Å². The second kappa shape index (κ2) is 7.20. The van der Waals surface area contributed by atoms with Gasteiger partial charge in [0.1, 0.15) is 5.82 Å². The van der Waals surface area contributed by atoms with Crippen LogP contribution in [-0.2, 0) is 4.79 Å². The minimum atomic E-state index is -0.553. The van der Waals surface area contributed by atoms with Gasteiger partial charge in [0.2, 0.25) is 5.91 Å².